The van der Waals surface area contributed by atoms with Gasteiger partial charge in [0.05, 0.1) is 17.3 Å². The Balaban J connectivity index is 2.19. The maximum atomic E-state index is 4.61. The number of hydrogen-bond acceptors (Lipinski definition) is 3. The number of para-hydroxylation sites is 1. The van der Waals surface area contributed by atoms with Crippen molar-refractivity contribution in [2.75, 3.05) is 7.05 Å². The summed E-state index contributed by atoms with van der Waals surface area (Å²) < 4.78 is 0. The zero-order chi connectivity index (χ0) is 14.7. The van der Waals surface area contributed by atoms with Crippen molar-refractivity contribution in [2.24, 2.45) is 0 Å². The van der Waals surface area contributed by atoms with E-state index >= 15 is 0 Å². The maximum Gasteiger partial charge on any atom is 0.0773 e. The third-order valence-electron chi connectivity index (χ3n) is 3.84. The lowest BCUT2D eigenvalue weighted by molar-refractivity contribution is 0.665. The van der Waals surface area contributed by atoms with Gasteiger partial charge >= 0.3 is 0 Å². The van der Waals surface area contributed by atoms with Crippen LogP contribution in [0.25, 0.3) is 10.9 Å². The Morgan fingerprint density at radius 2 is 1.76 bits per heavy atom. The average molecular weight is 277 g/mol. The van der Waals surface area contributed by atoms with Crippen LogP contribution in [-0.4, -0.2) is 17.0 Å². The van der Waals surface area contributed by atoms with E-state index in [2.05, 4.69) is 52.5 Å². The van der Waals surface area contributed by atoms with Gasteiger partial charge < -0.3 is 5.32 Å². The number of pyridine rings is 2. The summed E-state index contributed by atoms with van der Waals surface area (Å²) in [5.74, 6) is 0. The van der Waals surface area contributed by atoms with Crippen LogP contribution in [0.2, 0.25) is 0 Å². The molecular formula is C18H19N3. The maximum absolute atomic E-state index is 4.61. The van der Waals surface area contributed by atoms with Gasteiger partial charge in [-0.25, -0.2) is 0 Å². The fourth-order valence-electron chi connectivity index (χ4n) is 2.81. The molecule has 3 aromatic rings. The molecular weight excluding hydrogens is 258 g/mol. The zero-order valence-electron chi connectivity index (χ0n) is 12.4. The van der Waals surface area contributed by atoms with Crippen LogP contribution in [0.4, 0.5) is 0 Å². The highest BCUT2D eigenvalue weighted by Crippen LogP contribution is 2.28. The monoisotopic (exact) mass is 277 g/mol. The molecule has 0 amide bonds. The summed E-state index contributed by atoms with van der Waals surface area (Å²) in [6, 6.07) is 14.6. The minimum absolute atomic E-state index is 0.0553. The molecule has 2 heterocycles. The summed E-state index contributed by atoms with van der Waals surface area (Å²) in [6.07, 6.45) is 4.68. The van der Waals surface area contributed by atoms with Crippen LogP contribution < -0.4 is 5.32 Å². The van der Waals surface area contributed by atoms with Crippen molar-refractivity contribution in [3.63, 3.8) is 0 Å². The van der Waals surface area contributed by atoms with E-state index in [-0.39, 0.29) is 6.04 Å². The summed E-state index contributed by atoms with van der Waals surface area (Å²) in [5, 5.41) is 4.56. The van der Waals surface area contributed by atoms with E-state index in [1.807, 2.05) is 31.6 Å². The number of nitrogens with zero attached hydrogens (tertiary/aromatic N) is 2. The number of benzene rings is 1. The fraction of sp³-hybridized carbons (Fsp3) is 0.222. The number of nitrogens with one attached hydrogen (secondary N) is 1. The highest BCUT2D eigenvalue weighted by atomic mass is 14.9. The molecule has 0 aliphatic carbocycles. The normalized spacial score (nSPS) is 12.5. The Hall–Kier alpha value is -2.26. The lowest BCUT2D eigenvalue weighted by Gasteiger charge is -2.20. The summed E-state index contributed by atoms with van der Waals surface area (Å²) in [6.45, 7) is 2.16. The first-order valence-electron chi connectivity index (χ1n) is 7.29. The van der Waals surface area contributed by atoms with Crippen LogP contribution in [0.5, 0.6) is 0 Å². The summed E-state index contributed by atoms with van der Waals surface area (Å²) in [7, 11) is 1.97. The van der Waals surface area contributed by atoms with Crippen molar-refractivity contribution in [3.05, 3.63) is 71.7 Å². The minimum Gasteiger partial charge on any atom is -0.308 e. The number of aryl methyl sites for hydroxylation is 1. The van der Waals surface area contributed by atoms with E-state index in [0.717, 1.165) is 23.0 Å². The Morgan fingerprint density at radius 1 is 1.00 bits per heavy atom. The minimum atomic E-state index is 0.0553. The van der Waals surface area contributed by atoms with Crippen molar-refractivity contribution >= 4 is 10.9 Å². The fourth-order valence-corrected chi connectivity index (χ4v) is 2.81. The number of hydrogen-bond donors (Lipinski definition) is 1. The highest BCUT2D eigenvalue weighted by molar-refractivity contribution is 5.82. The second-order valence-electron chi connectivity index (χ2n) is 5.05. The molecule has 0 radical (unpaired) electrons. The molecule has 106 valence electrons. The van der Waals surface area contributed by atoms with Crippen molar-refractivity contribution < 1.29 is 0 Å². The van der Waals surface area contributed by atoms with E-state index in [4.69, 9.17) is 0 Å². The first-order chi connectivity index (χ1) is 10.3. The van der Waals surface area contributed by atoms with Gasteiger partial charge in [0.2, 0.25) is 0 Å². The Labute approximate surface area is 125 Å². The largest absolute Gasteiger partial charge is 0.308 e. The van der Waals surface area contributed by atoms with Crippen LogP contribution in [0.1, 0.15) is 29.8 Å². The Morgan fingerprint density at radius 3 is 2.57 bits per heavy atom. The van der Waals surface area contributed by atoms with Gasteiger partial charge in [-0.05, 0) is 31.2 Å². The predicted octanol–water partition coefficient (Wildman–Crippen LogP) is 3.50. The second kappa shape index (κ2) is 6.02. The lowest BCUT2D eigenvalue weighted by atomic mass is 9.96. The SMILES string of the molecule is CCc1cccnc1C(NC)c1cccc2cccnc12. The molecule has 3 heteroatoms. The van der Waals surface area contributed by atoms with Gasteiger partial charge in [-0.3, -0.25) is 9.97 Å². The molecule has 0 saturated heterocycles. The predicted molar refractivity (Wildman–Crippen MR) is 86.3 cm³/mol. The average Bonchev–Trinajstić information content (AvgIpc) is 2.56. The van der Waals surface area contributed by atoms with Crippen molar-refractivity contribution in [1.82, 2.24) is 15.3 Å². The van der Waals surface area contributed by atoms with Crippen LogP contribution in [0.15, 0.2) is 54.9 Å². The van der Waals surface area contributed by atoms with Crippen molar-refractivity contribution in [1.29, 1.82) is 0 Å². The number of aromatic nitrogens is 2. The van der Waals surface area contributed by atoms with E-state index < -0.39 is 0 Å². The van der Waals surface area contributed by atoms with Gasteiger partial charge in [0.15, 0.2) is 0 Å². The molecule has 2 aromatic heterocycles. The number of rotatable bonds is 4. The molecule has 0 saturated carbocycles. The highest BCUT2D eigenvalue weighted by Gasteiger charge is 2.19. The topological polar surface area (TPSA) is 37.8 Å². The molecule has 1 N–H and O–H groups in total. The molecule has 3 rings (SSSR count). The molecule has 0 spiro atoms. The van der Waals surface area contributed by atoms with Gasteiger partial charge in [0.25, 0.3) is 0 Å². The van der Waals surface area contributed by atoms with Crippen LogP contribution in [0, 0.1) is 0 Å². The molecule has 1 aromatic carbocycles. The summed E-state index contributed by atoms with van der Waals surface area (Å²) >= 11 is 0. The van der Waals surface area contributed by atoms with E-state index in [1.165, 1.54) is 11.1 Å². The molecule has 1 atom stereocenters. The molecule has 21 heavy (non-hydrogen) atoms. The first kappa shape index (κ1) is 13.7. The first-order valence-corrected chi connectivity index (χ1v) is 7.29. The Bertz CT molecular complexity index is 747. The summed E-state index contributed by atoms with van der Waals surface area (Å²) in [4.78, 5) is 9.18. The summed E-state index contributed by atoms with van der Waals surface area (Å²) in [5.41, 5.74) is 4.56. The molecule has 0 bridgehead atoms. The van der Waals surface area contributed by atoms with E-state index in [0.29, 0.717) is 0 Å². The molecule has 0 aliphatic rings. The van der Waals surface area contributed by atoms with Crippen LogP contribution in [-0.2, 0) is 6.42 Å². The molecule has 0 fully saturated rings. The number of fused-ring (bicyclic) bond motifs is 1. The van der Waals surface area contributed by atoms with E-state index in [9.17, 15) is 0 Å². The molecule has 3 nitrogen and oxygen atoms in total. The third-order valence-corrected chi connectivity index (χ3v) is 3.84. The van der Waals surface area contributed by atoms with E-state index in [1.54, 1.807) is 0 Å². The zero-order valence-corrected chi connectivity index (χ0v) is 12.4. The van der Waals surface area contributed by atoms with Crippen LogP contribution in [0.3, 0.4) is 0 Å². The van der Waals surface area contributed by atoms with Crippen molar-refractivity contribution in [3.8, 4) is 0 Å². The quantitative estimate of drug-likeness (QED) is 0.793. The molecule has 1 unspecified atom stereocenters. The van der Waals surface area contributed by atoms with Gasteiger partial charge in [-0.2, -0.15) is 0 Å². The standard InChI is InChI=1S/C18H19N3/c1-3-13-8-5-12-21-17(13)18(19-2)15-10-4-7-14-9-6-11-20-16(14)15/h4-12,18-19H,3H2,1-2H3. The van der Waals surface area contributed by atoms with Gasteiger partial charge in [-0.1, -0.05) is 37.3 Å². The lowest BCUT2D eigenvalue weighted by Crippen LogP contribution is -2.21. The second-order valence-corrected chi connectivity index (χ2v) is 5.05. The smallest absolute Gasteiger partial charge is 0.0773 e. The van der Waals surface area contributed by atoms with Gasteiger partial charge in [0.1, 0.15) is 0 Å². The Kier molecular flexibility index (Phi) is 3.93. The van der Waals surface area contributed by atoms with Gasteiger partial charge in [0, 0.05) is 23.3 Å². The molecule has 0 aliphatic heterocycles. The van der Waals surface area contributed by atoms with Gasteiger partial charge in [-0.15, -0.1) is 0 Å². The third kappa shape index (κ3) is 2.52. The van der Waals surface area contributed by atoms with Crippen molar-refractivity contribution in [2.45, 2.75) is 19.4 Å². The van der Waals surface area contributed by atoms with Crippen LogP contribution >= 0.6 is 0 Å².